The van der Waals surface area contributed by atoms with Crippen molar-refractivity contribution in [3.63, 3.8) is 0 Å². The molecule has 1 aromatic carbocycles. The van der Waals surface area contributed by atoms with Crippen LogP contribution in [0.15, 0.2) is 34.1 Å². The number of thiophene rings is 1. The zero-order valence-corrected chi connectivity index (χ0v) is 13.5. The van der Waals surface area contributed by atoms with Crippen molar-refractivity contribution < 1.29 is 0 Å². The molecule has 4 nitrogen and oxygen atoms in total. The lowest BCUT2D eigenvalue weighted by Gasteiger charge is -2.11. The Hall–Kier alpha value is -1.66. The standard InChI is InChI=1S/C14H13BrN4S/c1-8-10(15)4-3-5-11(8)17-12-9-6-7-20-13(9)19-14(16-2)18-12/h3-7H,1-2H3,(H2,16,17,18,19). The maximum absolute atomic E-state index is 4.52. The van der Waals surface area contributed by atoms with E-state index in [-0.39, 0.29) is 0 Å². The lowest BCUT2D eigenvalue weighted by molar-refractivity contribution is 1.20. The van der Waals surface area contributed by atoms with E-state index in [0.29, 0.717) is 5.95 Å². The fourth-order valence-corrected chi connectivity index (χ4v) is 3.06. The van der Waals surface area contributed by atoms with Crippen LogP contribution in [-0.2, 0) is 0 Å². The van der Waals surface area contributed by atoms with Gasteiger partial charge in [0.15, 0.2) is 0 Å². The van der Waals surface area contributed by atoms with Crippen molar-refractivity contribution in [3.05, 3.63) is 39.7 Å². The van der Waals surface area contributed by atoms with Gasteiger partial charge >= 0.3 is 0 Å². The molecule has 2 heterocycles. The molecule has 0 bridgehead atoms. The number of nitrogens with zero attached hydrogens (tertiary/aromatic N) is 2. The lowest BCUT2D eigenvalue weighted by Crippen LogP contribution is -2.01. The van der Waals surface area contributed by atoms with Crippen molar-refractivity contribution in [2.24, 2.45) is 0 Å². The van der Waals surface area contributed by atoms with Gasteiger partial charge in [0.05, 0.1) is 5.39 Å². The summed E-state index contributed by atoms with van der Waals surface area (Å²) in [5.41, 5.74) is 2.19. The van der Waals surface area contributed by atoms with Crippen LogP contribution in [0.4, 0.5) is 17.5 Å². The Morgan fingerprint density at radius 3 is 2.85 bits per heavy atom. The highest BCUT2D eigenvalue weighted by Gasteiger charge is 2.10. The number of anilines is 3. The van der Waals surface area contributed by atoms with Crippen LogP contribution in [0.2, 0.25) is 0 Å². The van der Waals surface area contributed by atoms with Crippen LogP contribution in [0.3, 0.4) is 0 Å². The van der Waals surface area contributed by atoms with Crippen molar-refractivity contribution in [3.8, 4) is 0 Å². The number of hydrogen-bond acceptors (Lipinski definition) is 5. The van der Waals surface area contributed by atoms with Crippen LogP contribution >= 0.6 is 27.3 Å². The van der Waals surface area contributed by atoms with Gasteiger partial charge in [0.25, 0.3) is 0 Å². The summed E-state index contributed by atoms with van der Waals surface area (Å²) in [6, 6.07) is 8.11. The summed E-state index contributed by atoms with van der Waals surface area (Å²) in [5, 5.41) is 9.46. The van der Waals surface area contributed by atoms with Gasteiger partial charge in [-0.1, -0.05) is 22.0 Å². The summed E-state index contributed by atoms with van der Waals surface area (Å²) in [4.78, 5) is 9.93. The minimum Gasteiger partial charge on any atom is -0.357 e. The van der Waals surface area contributed by atoms with E-state index >= 15 is 0 Å². The Kier molecular flexibility index (Phi) is 3.58. The lowest BCUT2D eigenvalue weighted by atomic mass is 10.2. The molecule has 0 aliphatic heterocycles. The first-order chi connectivity index (χ1) is 9.69. The average molecular weight is 349 g/mol. The first-order valence-electron chi connectivity index (χ1n) is 6.14. The summed E-state index contributed by atoms with van der Waals surface area (Å²) in [6.45, 7) is 2.07. The molecule has 3 rings (SSSR count). The minimum atomic E-state index is 0.620. The van der Waals surface area contributed by atoms with Gasteiger partial charge in [-0.25, -0.2) is 4.98 Å². The maximum atomic E-state index is 4.52. The van der Waals surface area contributed by atoms with Gasteiger partial charge in [-0.05, 0) is 36.1 Å². The molecule has 0 spiro atoms. The van der Waals surface area contributed by atoms with E-state index in [9.17, 15) is 0 Å². The second-order valence-electron chi connectivity index (χ2n) is 4.32. The molecule has 3 aromatic rings. The van der Waals surface area contributed by atoms with Gasteiger partial charge < -0.3 is 10.6 Å². The summed E-state index contributed by atoms with van der Waals surface area (Å²) >= 11 is 5.16. The quantitative estimate of drug-likeness (QED) is 0.729. The van der Waals surface area contributed by atoms with Crippen molar-refractivity contribution in [1.29, 1.82) is 0 Å². The first-order valence-corrected chi connectivity index (χ1v) is 7.81. The van der Waals surface area contributed by atoms with Gasteiger partial charge in [-0.2, -0.15) is 4.98 Å². The zero-order chi connectivity index (χ0) is 14.1. The molecule has 0 atom stereocenters. The first kappa shape index (κ1) is 13.3. The smallest absolute Gasteiger partial charge is 0.225 e. The highest BCUT2D eigenvalue weighted by atomic mass is 79.9. The molecule has 0 saturated heterocycles. The predicted molar refractivity (Wildman–Crippen MR) is 89.1 cm³/mol. The predicted octanol–water partition coefficient (Wildman–Crippen LogP) is 4.55. The van der Waals surface area contributed by atoms with Gasteiger partial charge in [-0.15, -0.1) is 11.3 Å². The molecule has 6 heteroatoms. The second kappa shape index (κ2) is 5.38. The maximum Gasteiger partial charge on any atom is 0.225 e. The van der Waals surface area contributed by atoms with Crippen molar-refractivity contribution in [2.75, 3.05) is 17.7 Å². The van der Waals surface area contributed by atoms with Crippen LogP contribution in [0.5, 0.6) is 0 Å². The third kappa shape index (κ3) is 2.36. The van der Waals surface area contributed by atoms with E-state index in [1.165, 1.54) is 0 Å². The number of rotatable bonds is 3. The van der Waals surface area contributed by atoms with Crippen LogP contribution in [-0.4, -0.2) is 17.0 Å². The Labute approximate surface area is 129 Å². The number of halogens is 1. The van der Waals surface area contributed by atoms with E-state index < -0.39 is 0 Å². The summed E-state index contributed by atoms with van der Waals surface area (Å²) < 4.78 is 1.08. The van der Waals surface area contributed by atoms with Crippen LogP contribution in [0.1, 0.15) is 5.56 Å². The normalized spacial score (nSPS) is 10.8. The van der Waals surface area contributed by atoms with Crippen LogP contribution in [0.25, 0.3) is 10.2 Å². The molecular formula is C14H13BrN4S. The topological polar surface area (TPSA) is 49.8 Å². The van der Waals surface area contributed by atoms with Gasteiger partial charge in [0.2, 0.25) is 5.95 Å². The number of fused-ring (bicyclic) bond motifs is 1. The largest absolute Gasteiger partial charge is 0.357 e. The Balaban J connectivity index is 2.10. The highest BCUT2D eigenvalue weighted by Crippen LogP contribution is 2.31. The number of hydrogen-bond donors (Lipinski definition) is 2. The molecule has 2 N–H and O–H groups in total. The molecular weight excluding hydrogens is 336 g/mol. The van der Waals surface area contributed by atoms with Gasteiger partial charge in [0.1, 0.15) is 10.6 Å². The Bertz CT molecular complexity index is 769. The van der Waals surface area contributed by atoms with Crippen molar-refractivity contribution in [1.82, 2.24) is 9.97 Å². The second-order valence-corrected chi connectivity index (χ2v) is 6.07. The molecule has 102 valence electrons. The monoisotopic (exact) mass is 348 g/mol. The minimum absolute atomic E-state index is 0.620. The third-order valence-corrected chi connectivity index (χ3v) is 4.74. The Morgan fingerprint density at radius 1 is 1.20 bits per heavy atom. The fourth-order valence-electron chi connectivity index (χ4n) is 1.93. The fraction of sp³-hybridized carbons (Fsp3) is 0.143. The van der Waals surface area contributed by atoms with Crippen molar-refractivity contribution >= 4 is 54.9 Å². The molecule has 0 radical (unpaired) electrons. The zero-order valence-electron chi connectivity index (χ0n) is 11.1. The van der Waals surface area contributed by atoms with E-state index in [4.69, 9.17) is 0 Å². The van der Waals surface area contributed by atoms with Gasteiger partial charge in [-0.3, -0.25) is 0 Å². The van der Waals surface area contributed by atoms with Gasteiger partial charge in [0, 0.05) is 17.2 Å². The molecule has 2 aromatic heterocycles. The molecule has 0 unspecified atom stereocenters. The SMILES string of the molecule is CNc1nc(Nc2cccc(Br)c2C)c2ccsc2n1. The number of aromatic nitrogens is 2. The number of benzene rings is 1. The molecule has 0 amide bonds. The third-order valence-electron chi connectivity index (χ3n) is 3.07. The Morgan fingerprint density at radius 2 is 2.05 bits per heavy atom. The average Bonchev–Trinajstić information content (AvgIpc) is 2.92. The molecule has 0 aliphatic rings. The summed E-state index contributed by atoms with van der Waals surface area (Å²) in [5.74, 6) is 1.44. The summed E-state index contributed by atoms with van der Waals surface area (Å²) in [6.07, 6.45) is 0. The van der Waals surface area contributed by atoms with E-state index in [2.05, 4.69) is 43.5 Å². The molecule has 20 heavy (non-hydrogen) atoms. The highest BCUT2D eigenvalue weighted by molar-refractivity contribution is 9.10. The van der Waals surface area contributed by atoms with Crippen LogP contribution in [0, 0.1) is 6.92 Å². The van der Waals surface area contributed by atoms with E-state index in [1.807, 2.05) is 36.7 Å². The molecule has 0 aliphatic carbocycles. The van der Waals surface area contributed by atoms with E-state index in [1.54, 1.807) is 11.3 Å². The van der Waals surface area contributed by atoms with E-state index in [0.717, 1.165) is 31.8 Å². The molecule has 0 saturated carbocycles. The number of nitrogens with one attached hydrogen (secondary N) is 2. The summed E-state index contributed by atoms with van der Waals surface area (Å²) in [7, 11) is 1.82. The van der Waals surface area contributed by atoms with Crippen LogP contribution < -0.4 is 10.6 Å². The van der Waals surface area contributed by atoms with Crippen molar-refractivity contribution in [2.45, 2.75) is 6.92 Å². The molecule has 0 fully saturated rings.